The normalized spacial score (nSPS) is 17.7. The Morgan fingerprint density at radius 1 is 0.456 bits per heavy atom. The van der Waals surface area contributed by atoms with E-state index in [0.29, 0.717) is 0 Å². The van der Waals surface area contributed by atoms with Crippen LogP contribution in [0.2, 0.25) is 0 Å². The molecule has 10 heteroatoms. The van der Waals surface area contributed by atoms with Crippen LogP contribution in [0.1, 0.15) is 152 Å². The van der Waals surface area contributed by atoms with Gasteiger partial charge in [-0.05, 0) is 214 Å². The molecule has 0 aliphatic carbocycles. The average molecular weight is 1050 g/mol. The Balaban J connectivity index is 1.15. The maximum atomic E-state index is 6.84. The van der Waals surface area contributed by atoms with Crippen molar-refractivity contribution in [3.63, 3.8) is 0 Å². The quantitative estimate of drug-likeness (QED) is 0.0892. The summed E-state index contributed by atoms with van der Waals surface area (Å²) in [5.74, 6) is 0. The summed E-state index contributed by atoms with van der Waals surface area (Å²) in [6.45, 7) is 35.3. The van der Waals surface area contributed by atoms with E-state index < -0.39 is 36.6 Å². The summed E-state index contributed by atoms with van der Waals surface area (Å²) in [4.78, 5) is 7.48. The molecule has 4 aliphatic rings. The Kier molecular flexibility index (Phi) is 13.8. The summed E-state index contributed by atoms with van der Waals surface area (Å²) < 4.78 is 27.3. The van der Waals surface area contributed by atoms with Gasteiger partial charge in [-0.2, -0.15) is 0 Å². The average Bonchev–Trinajstić information content (AvgIpc) is 3.90. The zero-order valence-corrected chi connectivity index (χ0v) is 50.1. The van der Waals surface area contributed by atoms with E-state index in [1.54, 1.807) is 0 Å². The number of rotatable bonds is 12. The smallest absolute Gasteiger partial charge is 0.399 e. The van der Waals surface area contributed by atoms with Crippen molar-refractivity contribution < 1.29 is 18.6 Å². The molecule has 0 N–H and O–H groups in total. The van der Waals surface area contributed by atoms with Crippen molar-refractivity contribution in [1.29, 1.82) is 0 Å². The van der Waals surface area contributed by atoms with Crippen LogP contribution in [-0.2, 0) is 35.9 Å². The number of para-hydroxylation sites is 1. The summed E-state index contributed by atoms with van der Waals surface area (Å²) in [5.41, 5.74) is 18.7. The zero-order valence-electron chi connectivity index (χ0n) is 50.1. The molecule has 7 aromatic rings. The molecule has 11 rings (SSSR count). The molecule has 0 spiro atoms. The molecule has 79 heavy (non-hydrogen) atoms. The lowest BCUT2D eigenvalue weighted by Crippen LogP contribution is -2.61. The van der Waals surface area contributed by atoms with Crippen LogP contribution in [0.3, 0.4) is 0 Å². The van der Waals surface area contributed by atoms with Crippen molar-refractivity contribution in [2.75, 3.05) is 14.7 Å². The Hall–Kier alpha value is -6.03. The van der Waals surface area contributed by atoms with Crippen LogP contribution in [-0.4, -0.2) is 43.4 Å². The largest absolute Gasteiger partial charge is 0.494 e. The minimum absolute atomic E-state index is 0.0310. The molecule has 0 bridgehead atoms. The first kappa shape index (κ1) is 54.9. The highest BCUT2D eigenvalue weighted by Crippen LogP contribution is 2.48. The van der Waals surface area contributed by atoms with E-state index >= 15 is 0 Å². The van der Waals surface area contributed by atoms with Gasteiger partial charge in [-0.1, -0.05) is 134 Å². The van der Waals surface area contributed by atoms with Gasteiger partial charge in [0.25, 0.3) is 6.71 Å². The molecule has 4 aliphatic heterocycles. The molecule has 0 amide bonds. The number of anilines is 9. The Morgan fingerprint density at radius 3 is 1.51 bits per heavy atom. The summed E-state index contributed by atoms with van der Waals surface area (Å²) >= 11 is 0. The van der Waals surface area contributed by atoms with Gasteiger partial charge in [-0.3, -0.25) is 0 Å². The topological polar surface area (TPSA) is 46.6 Å². The molecule has 2 fully saturated rings. The van der Waals surface area contributed by atoms with Crippen molar-refractivity contribution in [2.45, 2.75) is 176 Å². The van der Waals surface area contributed by atoms with E-state index in [1.807, 2.05) is 0 Å². The first-order chi connectivity index (χ1) is 37.2. The highest BCUT2D eigenvalue weighted by Gasteiger charge is 2.54. The van der Waals surface area contributed by atoms with Crippen LogP contribution in [0.25, 0.3) is 0 Å². The van der Waals surface area contributed by atoms with Crippen molar-refractivity contribution in [3.05, 3.63) is 168 Å². The van der Waals surface area contributed by atoms with Crippen molar-refractivity contribution in [2.24, 2.45) is 0 Å². The maximum Gasteiger partial charge on any atom is 0.494 e. The number of fused-ring (bicyclic) bond motifs is 4. The molecule has 0 unspecified atom stereocenters. The molecule has 0 saturated carbocycles. The van der Waals surface area contributed by atoms with Crippen molar-refractivity contribution in [3.8, 4) is 0 Å². The van der Waals surface area contributed by atoms with E-state index in [4.69, 9.17) is 18.6 Å². The SMILES string of the molecule is CCCCCCc1ccc(N2c3cc(N(c4ccccc4)c4cc(B5OC(C)(C)C(C)(C)O5)cc(B5OC(C)(C)C(C)(C)O5)c4)ccc3B3c4cc(C(C)(C)C)ccc4N(c4ccc(C(C)(C)C)cc4)c4cc(C)cc2c43)cc1. The van der Waals surface area contributed by atoms with Gasteiger partial charge in [0.15, 0.2) is 0 Å². The number of nitrogens with zero attached hydrogens (tertiary/aromatic N) is 3. The first-order valence-corrected chi connectivity index (χ1v) is 29.2. The minimum atomic E-state index is -0.619. The van der Waals surface area contributed by atoms with Crippen molar-refractivity contribution >= 4 is 99.5 Å². The molecule has 0 aromatic heterocycles. The third-order valence-electron chi connectivity index (χ3n) is 18.1. The Bertz CT molecular complexity index is 3330. The lowest BCUT2D eigenvalue weighted by atomic mass is 9.33. The predicted octanol–water partition coefficient (Wildman–Crippen LogP) is 14.9. The number of benzene rings is 7. The van der Waals surface area contributed by atoms with Crippen LogP contribution in [0.15, 0.2) is 146 Å². The molecular weight excluding hydrogens is 967 g/mol. The fraction of sp³-hybridized carbons (Fsp3) is 0.391. The Labute approximate surface area is 474 Å². The standard InChI is InChI=1S/C69H82B3N3O4/c1-17-18-19-21-24-47-27-32-53(33-28-47)75-60-45-55(73(52-25-22-20-23-26-52)56-43-50(71-76-66(9,10)67(11,12)77-71)42-51(44-56)72-78-68(13,14)69(15,16)79-72)36-37-57(60)70-58-41-49(65(6,7)8)31-38-59(58)74(61-39-46(2)40-62(75)63(61)70)54-34-29-48(30-35-54)64(3,4)5/h20,22-23,25-45H,17-19,21,24H2,1-16H3. The first-order valence-electron chi connectivity index (χ1n) is 29.2. The van der Waals surface area contributed by atoms with E-state index in [9.17, 15) is 0 Å². The van der Waals surface area contributed by atoms with E-state index in [-0.39, 0.29) is 17.5 Å². The lowest BCUT2D eigenvalue weighted by Gasteiger charge is -2.45. The number of hydrogen-bond acceptors (Lipinski definition) is 7. The molecule has 2 saturated heterocycles. The summed E-state index contributed by atoms with van der Waals surface area (Å²) in [6.07, 6.45) is 6.02. The van der Waals surface area contributed by atoms with Gasteiger partial charge in [0.05, 0.1) is 22.4 Å². The van der Waals surface area contributed by atoms with Gasteiger partial charge in [0.1, 0.15) is 0 Å². The van der Waals surface area contributed by atoms with E-state index in [2.05, 4.69) is 271 Å². The van der Waals surface area contributed by atoms with Gasteiger partial charge in [-0.25, -0.2) is 0 Å². The van der Waals surface area contributed by atoms with Crippen LogP contribution in [0.4, 0.5) is 51.2 Å². The zero-order chi connectivity index (χ0) is 56.2. The molecule has 7 nitrogen and oxygen atoms in total. The monoisotopic (exact) mass is 1050 g/mol. The summed E-state index contributed by atoms with van der Waals surface area (Å²) in [5, 5.41) is 0. The van der Waals surface area contributed by atoms with Crippen LogP contribution in [0, 0.1) is 6.92 Å². The van der Waals surface area contributed by atoms with Crippen LogP contribution < -0.4 is 42.0 Å². The molecule has 0 atom stereocenters. The number of hydrogen-bond donors (Lipinski definition) is 0. The number of unbranched alkanes of at least 4 members (excludes halogenated alkanes) is 3. The second-order valence-electron chi connectivity index (χ2n) is 27.1. The summed E-state index contributed by atoms with van der Waals surface area (Å²) in [6, 6.07) is 55.4. The second kappa shape index (κ2) is 19.9. The molecule has 406 valence electrons. The summed E-state index contributed by atoms with van der Waals surface area (Å²) in [7, 11) is -1.24. The van der Waals surface area contributed by atoms with Gasteiger partial charge in [0.2, 0.25) is 0 Å². The molecule has 4 heterocycles. The van der Waals surface area contributed by atoms with Gasteiger partial charge in [0, 0.05) is 51.2 Å². The van der Waals surface area contributed by atoms with Crippen LogP contribution in [0.5, 0.6) is 0 Å². The van der Waals surface area contributed by atoms with Gasteiger partial charge >= 0.3 is 14.2 Å². The third-order valence-corrected chi connectivity index (χ3v) is 18.1. The molecule has 7 aromatic carbocycles. The fourth-order valence-electron chi connectivity index (χ4n) is 12.0. The van der Waals surface area contributed by atoms with Gasteiger partial charge in [-0.15, -0.1) is 0 Å². The lowest BCUT2D eigenvalue weighted by molar-refractivity contribution is 0.00578. The number of aryl methyl sites for hydroxylation is 2. The highest BCUT2D eigenvalue weighted by atomic mass is 16.7. The van der Waals surface area contributed by atoms with Gasteiger partial charge < -0.3 is 33.3 Å². The maximum absolute atomic E-state index is 6.84. The van der Waals surface area contributed by atoms with E-state index in [0.717, 1.165) is 51.5 Å². The predicted molar refractivity (Wildman–Crippen MR) is 337 cm³/mol. The highest BCUT2D eigenvalue weighted by molar-refractivity contribution is 7.00. The Morgan fingerprint density at radius 2 is 0.975 bits per heavy atom. The molecular formula is C69H82B3N3O4. The fourth-order valence-corrected chi connectivity index (χ4v) is 12.0. The third kappa shape index (κ3) is 9.97. The van der Waals surface area contributed by atoms with Crippen molar-refractivity contribution in [1.82, 2.24) is 0 Å². The minimum Gasteiger partial charge on any atom is -0.399 e. The van der Waals surface area contributed by atoms with E-state index in [1.165, 1.54) is 81.4 Å². The van der Waals surface area contributed by atoms with Crippen LogP contribution >= 0.6 is 0 Å². The molecule has 0 radical (unpaired) electrons. The second-order valence-corrected chi connectivity index (χ2v) is 27.1.